The van der Waals surface area contributed by atoms with Gasteiger partial charge in [0.15, 0.2) is 0 Å². The number of anilines is 1. The number of fused-ring (bicyclic) bond motifs is 1. The van der Waals surface area contributed by atoms with Gasteiger partial charge in [-0.2, -0.15) is 5.10 Å². The number of benzene rings is 3. The van der Waals surface area contributed by atoms with Crippen LogP contribution in [0, 0.1) is 34.1 Å². The van der Waals surface area contributed by atoms with Crippen LogP contribution in [0.1, 0.15) is 22.3 Å². The monoisotopic (exact) mass is 445 g/mol. The summed E-state index contributed by atoms with van der Waals surface area (Å²) in [6.45, 7) is 4.21. The molecule has 0 amide bonds. The first kappa shape index (κ1) is 21.9. The zero-order valence-corrected chi connectivity index (χ0v) is 18.6. The molecular weight excluding hydrogens is 422 g/mol. The van der Waals surface area contributed by atoms with Gasteiger partial charge < -0.3 is 4.90 Å². The van der Waals surface area contributed by atoms with Gasteiger partial charge in [0.25, 0.3) is 11.4 Å². The van der Waals surface area contributed by atoms with Crippen LogP contribution in [-0.4, -0.2) is 19.6 Å². The average molecular weight is 445 g/mol. The van der Waals surface area contributed by atoms with Crippen molar-refractivity contribution in [3.05, 3.63) is 103 Å². The van der Waals surface area contributed by atoms with E-state index < -0.39 is 0 Å². The number of hydrogen-bond donors (Lipinski definition) is 0. The van der Waals surface area contributed by atoms with Crippen molar-refractivity contribution in [3.8, 4) is 0 Å². The smallest absolute Gasteiger partial charge is 0.272 e. The standard InChI is InChI=1S/C24H23N5O4/c1-16-4-6-18(10-23(16)28(30)31)13-27(14-19-7-5-17(2)24(11-19)29(32)33)21-8-9-22-20(12-21)15-26(3)25-22/h4-12,15H,13-14H2,1-3H3. The van der Waals surface area contributed by atoms with Gasteiger partial charge in [-0.3, -0.25) is 24.9 Å². The lowest BCUT2D eigenvalue weighted by molar-refractivity contribution is -0.385. The van der Waals surface area contributed by atoms with Crippen molar-refractivity contribution < 1.29 is 9.85 Å². The maximum absolute atomic E-state index is 11.4. The molecule has 0 atom stereocenters. The van der Waals surface area contributed by atoms with Crippen molar-refractivity contribution in [3.63, 3.8) is 0 Å². The molecule has 0 aliphatic rings. The van der Waals surface area contributed by atoms with E-state index in [1.807, 2.05) is 43.6 Å². The summed E-state index contributed by atoms with van der Waals surface area (Å²) >= 11 is 0. The minimum Gasteiger partial charge on any atom is -0.363 e. The first-order valence-corrected chi connectivity index (χ1v) is 10.4. The van der Waals surface area contributed by atoms with Crippen molar-refractivity contribution in [2.45, 2.75) is 26.9 Å². The summed E-state index contributed by atoms with van der Waals surface area (Å²) in [5.74, 6) is 0. The highest BCUT2D eigenvalue weighted by atomic mass is 16.6. The normalized spacial score (nSPS) is 11.0. The molecule has 168 valence electrons. The maximum Gasteiger partial charge on any atom is 0.272 e. The van der Waals surface area contributed by atoms with Crippen LogP contribution in [0.2, 0.25) is 0 Å². The van der Waals surface area contributed by atoms with Crippen LogP contribution in [0.15, 0.2) is 60.8 Å². The summed E-state index contributed by atoms with van der Waals surface area (Å²) in [6, 6.07) is 16.3. The molecule has 0 saturated heterocycles. The lowest BCUT2D eigenvalue weighted by Crippen LogP contribution is -2.22. The molecule has 0 bridgehead atoms. The van der Waals surface area contributed by atoms with Gasteiger partial charge in [-0.15, -0.1) is 0 Å². The number of aryl methyl sites for hydroxylation is 3. The Labute approximate surface area is 190 Å². The molecule has 0 N–H and O–H groups in total. The first-order valence-electron chi connectivity index (χ1n) is 10.4. The third kappa shape index (κ3) is 4.67. The molecule has 4 rings (SSSR count). The number of aromatic nitrogens is 2. The van der Waals surface area contributed by atoms with E-state index in [1.54, 1.807) is 42.8 Å². The van der Waals surface area contributed by atoms with E-state index in [0.29, 0.717) is 24.2 Å². The van der Waals surface area contributed by atoms with Crippen LogP contribution in [0.5, 0.6) is 0 Å². The zero-order chi connectivity index (χ0) is 23.7. The van der Waals surface area contributed by atoms with E-state index in [1.165, 1.54) is 0 Å². The van der Waals surface area contributed by atoms with Crippen LogP contribution in [-0.2, 0) is 20.1 Å². The van der Waals surface area contributed by atoms with Crippen molar-refractivity contribution in [2.75, 3.05) is 4.90 Å². The minimum absolute atomic E-state index is 0.0705. The molecule has 0 radical (unpaired) electrons. The topological polar surface area (TPSA) is 107 Å². The summed E-state index contributed by atoms with van der Waals surface area (Å²) < 4.78 is 1.74. The molecule has 0 fully saturated rings. The Morgan fingerprint density at radius 1 is 0.848 bits per heavy atom. The predicted molar refractivity (Wildman–Crippen MR) is 126 cm³/mol. The lowest BCUT2D eigenvalue weighted by Gasteiger charge is -2.25. The second-order valence-electron chi connectivity index (χ2n) is 8.16. The van der Waals surface area contributed by atoms with Gasteiger partial charge in [-0.05, 0) is 43.2 Å². The number of nitrogens with zero attached hydrogens (tertiary/aromatic N) is 5. The van der Waals surface area contributed by atoms with Gasteiger partial charge in [0.2, 0.25) is 0 Å². The Balaban J connectivity index is 1.74. The summed E-state index contributed by atoms with van der Waals surface area (Å²) in [6.07, 6.45) is 1.92. The summed E-state index contributed by atoms with van der Waals surface area (Å²) in [5, 5.41) is 28.2. The maximum atomic E-state index is 11.4. The Morgan fingerprint density at radius 3 is 1.91 bits per heavy atom. The number of rotatable bonds is 7. The fourth-order valence-corrected chi connectivity index (χ4v) is 3.91. The molecule has 1 aromatic heterocycles. The fourth-order valence-electron chi connectivity index (χ4n) is 3.91. The van der Waals surface area contributed by atoms with Gasteiger partial charge in [-0.25, -0.2) is 0 Å². The molecule has 0 aliphatic heterocycles. The van der Waals surface area contributed by atoms with Gasteiger partial charge in [0.1, 0.15) is 0 Å². The van der Waals surface area contributed by atoms with Crippen LogP contribution < -0.4 is 4.90 Å². The SMILES string of the molecule is Cc1ccc(CN(Cc2ccc(C)c([N+](=O)[O-])c2)c2ccc3nn(C)cc3c2)cc1[N+](=O)[O-]. The molecule has 3 aromatic carbocycles. The van der Waals surface area contributed by atoms with Crippen LogP contribution in [0.3, 0.4) is 0 Å². The van der Waals surface area contributed by atoms with Gasteiger partial charge >= 0.3 is 0 Å². The average Bonchev–Trinajstić information content (AvgIpc) is 3.14. The summed E-state index contributed by atoms with van der Waals surface area (Å²) in [4.78, 5) is 24.1. The quantitative estimate of drug-likeness (QED) is 0.285. The van der Waals surface area contributed by atoms with Gasteiger partial charge in [-0.1, -0.05) is 24.3 Å². The van der Waals surface area contributed by atoms with Gasteiger partial charge in [0.05, 0.1) is 15.4 Å². The molecule has 0 aliphatic carbocycles. The van der Waals surface area contributed by atoms with Crippen molar-refractivity contribution in [1.82, 2.24) is 9.78 Å². The summed E-state index contributed by atoms with van der Waals surface area (Å²) in [7, 11) is 1.86. The highest BCUT2D eigenvalue weighted by molar-refractivity contribution is 5.82. The Kier molecular flexibility index (Phi) is 5.78. The van der Waals surface area contributed by atoms with E-state index in [0.717, 1.165) is 27.7 Å². The molecule has 1 heterocycles. The van der Waals surface area contributed by atoms with E-state index >= 15 is 0 Å². The van der Waals surface area contributed by atoms with Crippen molar-refractivity contribution >= 4 is 28.0 Å². The van der Waals surface area contributed by atoms with Crippen LogP contribution in [0.4, 0.5) is 17.1 Å². The predicted octanol–water partition coefficient (Wildman–Crippen LogP) is 5.21. The molecule has 0 saturated carbocycles. The fraction of sp³-hybridized carbons (Fsp3) is 0.208. The van der Waals surface area contributed by atoms with Crippen molar-refractivity contribution in [2.24, 2.45) is 7.05 Å². The molecule has 0 spiro atoms. The Bertz CT molecular complexity index is 1310. The Hall–Kier alpha value is -4.27. The van der Waals surface area contributed by atoms with Gasteiger partial charge in [0, 0.05) is 60.7 Å². The van der Waals surface area contributed by atoms with Crippen molar-refractivity contribution in [1.29, 1.82) is 0 Å². The third-order valence-electron chi connectivity index (χ3n) is 5.66. The van der Waals surface area contributed by atoms with E-state index in [-0.39, 0.29) is 21.2 Å². The Morgan fingerprint density at radius 2 is 1.39 bits per heavy atom. The van der Waals surface area contributed by atoms with Crippen LogP contribution in [0.25, 0.3) is 10.9 Å². The van der Waals surface area contributed by atoms with E-state index in [9.17, 15) is 20.2 Å². The molecule has 33 heavy (non-hydrogen) atoms. The molecule has 9 nitrogen and oxygen atoms in total. The molecule has 9 heteroatoms. The van der Waals surface area contributed by atoms with E-state index in [4.69, 9.17) is 0 Å². The number of nitro benzene ring substituents is 2. The van der Waals surface area contributed by atoms with Crippen LogP contribution >= 0.6 is 0 Å². The summed E-state index contributed by atoms with van der Waals surface area (Å²) in [5.41, 5.74) is 4.64. The number of nitro groups is 2. The number of hydrogen-bond acceptors (Lipinski definition) is 6. The highest BCUT2D eigenvalue weighted by Gasteiger charge is 2.17. The molecular formula is C24H23N5O4. The molecule has 0 unspecified atom stereocenters. The minimum atomic E-state index is -0.381. The third-order valence-corrected chi connectivity index (χ3v) is 5.66. The second-order valence-corrected chi connectivity index (χ2v) is 8.16. The lowest BCUT2D eigenvalue weighted by atomic mass is 10.1. The van der Waals surface area contributed by atoms with E-state index in [2.05, 4.69) is 10.00 Å². The largest absolute Gasteiger partial charge is 0.363 e. The first-order chi connectivity index (χ1) is 15.7. The second kappa shape index (κ2) is 8.70. The highest BCUT2D eigenvalue weighted by Crippen LogP contribution is 2.28. The zero-order valence-electron chi connectivity index (χ0n) is 18.6. The molecule has 4 aromatic rings.